The largest absolute Gasteiger partial charge is 0.371 e. The van der Waals surface area contributed by atoms with Crippen LogP contribution in [0.3, 0.4) is 0 Å². The molecule has 3 aromatic rings. The summed E-state index contributed by atoms with van der Waals surface area (Å²) in [6.45, 7) is 1.99. The molecule has 2 aliphatic heterocycles. The van der Waals surface area contributed by atoms with Crippen molar-refractivity contribution in [3.63, 3.8) is 0 Å². The summed E-state index contributed by atoms with van der Waals surface area (Å²) in [5.74, 6) is -0.0733. The molecular weight excluding hydrogens is 392 g/mol. The van der Waals surface area contributed by atoms with Crippen molar-refractivity contribution >= 4 is 22.7 Å². The quantitative estimate of drug-likeness (QED) is 0.545. The minimum atomic E-state index is -2.23. The number of pyridine rings is 1. The highest BCUT2D eigenvalue weighted by molar-refractivity contribution is 5.78. The molecule has 0 radical (unpaired) electrons. The lowest BCUT2D eigenvalue weighted by molar-refractivity contribution is 0.0880. The number of halogens is 2. The van der Waals surface area contributed by atoms with Gasteiger partial charge in [-0.15, -0.1) is 0 Å². The fraction of sp³-hybridized carbons (Fsp3) is 0.346. The second-order valence-electron chi connectivity index (χ2n) is 9.00. The second-order valence-corrected chi connectivity index (χ2v) is 9.00. The van der Waals surface area contributed by atoms with Crippen LogP contribution in [0.25, 0.3) is 17.0 Å². The summed E-state index contributed by atoms with van der Waals surface area (Å²) < 4.78 is 26.4. The normalized spacial score (nSPS) is 24.8. The van der Waals surface area contributed by atoms with E-state index in [1.165, 1.54) is 16.5 Å². The van der Waals surface area contributed by atoms with Gasteiger partial charge in [-0.3, -0.25) is 4.98 Å². The van der Waals surface area contributed by atoms with Crippen molar-refractivity contribution in [1.82, 2.24) is 9.88 Å². The number of nitrogens with zero attached hydrogens (tertiary/aromatic N) is 3. The van der Waals surface area contributed by atoms with E-state index in [2.05, 4.69) is 58.5 Å². The van der Waals surface area contributed by atoms with Crippen molar-refractivity contribution in [3.05, 3.63) is 77.6 Å². The van der Waals surface area contributed by atoms with E-state index in [1.807, 2.05) is 18.2 Å². The number of rotatable bonds is 4. The molecule has 1 saturated heterocycles. The topological polar surface area (TPSA) is 19.4 Å². The first-order valence-corrected chi connectivity index (χ1v) is 11.1. The maximum Gasteiger partial charge on any atom is 0.243 e. The second kappa shape index (κ2) is 7.33. The van der Waals surface area contributed by atoms with Crippen LogP contribution in [-0.2, 0) is 6.54 Å². The van der Waals surface area contributed by atoms with Gasteiger partial charge in [0.2, 0.25) is 6.43 Å². The lowest BCUT2D eigenvalue weighted by atomic mass is 10.0. The van der Waals surface area contributed by atoms with E-state index in [9.17, 15) is 8.78 Å². The fourth-order valence-electron chi connectivity index (χ4n) is 5.22. The Morgan fingerprint density at radius 3 is 2.77 bits per heavy atom. The highest BCUT2D eigenvalue weighted by atomic mass is 19.3. The van der Waals surface area contributed by atoms with E-state index in [0.29, 0.717) is 31.5 Å². The van der Waals surface area contributed by atoms with Gasteiger partial charge in [0.25, 0.3) is 0 Å². The Balaban J connectivity index is 1.22. The van der Waals surface area contributed by atoms with Crippen LogP contribution in [0.15, 0.2) is 60.8 Å². The molecule has 0 bridgehead atoms. The third-order valence-corrected chi connectivity index (χ3v) is 7.08. The number of hydrogen-bond acceptors (Lipinski definition) is 3. The Kier molecular flexibility index (Phi) is 4.44. The number of anilines is 1. The van der Waals surface area contributed by atoms with Gasteiger partial charge < -0.3 is 9.80 Å². The first kappa shape index (κ1) is 18.8. The molecule has 31 heavy (non-hydrogen) atoms. The Morgan fingerprint density at radius 1 is 1.00 bits per heavy atom. The molecule has 1 aromatic heterocycles. The molecule has 6 rings (SSSR count). The van der Waals surface area contributed by atoms with Gasteiger partial charge in [0.15, 0.2) is 0 Å². The van der Waals surface area contributed by atoms with Crippen molar-refractivity contribution in [2.75, 3.05) is 18.0 Å². The average molecular weight is 418 g/mol. The van der Waals surface area contributed by atoms with Crippen molar-refractivity contribution in [1.29, 1.82) is 0 Å². The number of hydrogen-bond donors (Lipinski definition) is 0. The molecule has 3 atom stereocenters. The summed E-state index contributed by atoms with van der Waals surface area (Å²) in [5.41, 5.74) is 5.80. The average Bonchev–Trinajstić information content (AvgIpc) is 3.45. The fourth-order valence-corrected chi connectivity index (χ4v) is 5.22. The number of fused-ring (bicyclic) bond motifs is 2. The molecule has 1 saturated carbocycles. The minimum Gasteiger partial charge on any atom is -0.371 e. The van der Waals surface area contributed by atoms with Gasteiger partial charge in [-0.2, -0.15) is 0 Å². The Hall–Kier alpha value is -2.95. The first-order valence-electron chi connectivity index (χ1n) is 11.1. The molecule has 3 aliphatic rings. The third-order valence-electron chi connectivity index (χ3n) is 7.08. The van der Waals surface area contributed by atoms with Crippen LogP contribution in [0, 0.1) is 5.92 Å². The van der Waals surface area contributed by atoms with Gasteiger partial charge in [0, 0.05) is 66.0 Å². The molecule has 2 aromatic carbocycles. The molecule has 2 fully saturated rings. The molecule has 0 N–H and O–H groups in total. The van der Waals surface area contributed by atoms with Crippen molar-refractivity contribution in [2.45, 2.75) is 37.8 Å². The zero-order valence-corrected chi connectivity index (χ0v) is 17.3. The van der Waals surface area contributed by atoms with Crippen LogP contribution in [0.1, 0.15) is 35.6 Å². The van der Waals surface area contributed by atoms with E-state index < -0.39 is 12.3 Å². The summed E-state index contributed by atoms with van der Waals surface area (Å²) in [5, 5.41) is 1.17. The van der Waals surface area contributed by atoms with Crippen LogP contribution in [0.5, 0.6) is 0 Å². The molecule has 158 valence electrons. The number of para-hydroxylation sites is 1. The van der Waals surface area contributed by atoms with E-state index in [4.69, 9.17) is 4.98 Å². The summed E-state index contributed by atoms with van der Waals surface area (Å²) >= 11 is 0. The summed E-state index contributed by atoms with van der Waals surface area (Å²) in [6.07, 6.45) is 3.81. The summed E-state index contributed by atoms with van der Waals surface area (Å²) in [6, 6.07) is 19.3. The lowest BCUT2D eigenvalue weighted by Gasteiger charge is -2.30. The lowest BCUT2D eigenvalue weighted by Crippen LogP contribution is -2.28. The number of benzene rings is 2. The standard InChI is InChI=1S/C26H25F2N3/c27-26(28)19-11-13-30(15-19)24-7-3-5-17-10-12-31(16-21(17)24)25-14-20(25)23-9-8-18-4-1-2-6-22(18)29-23/h1-10,12,19-20,25-26H,11,13-16H2. The van der Waals surface area contributed by atoms with Crippen molar-refractivity contribution in [3.8, 4) is 0 Å². The maximum atomic E-state index is 13.2. The van der Waals surface area contributed by atoms with Gasteiger partial charge in [0.1, 0.15) is 0 Å². The molecule has 3 unspecified atom stereocenters. The van der Waals surface area contributed by atoms with Gasteiger partial charge >= 0.3 is 0 Å². The highest BCUT2D eigenvalue weighted by Gasteiger charge is 2.44. The smallest absolute Gasteiger partial charge is 0.243 e. The number of alkyl halides is 2. The zero-order chi connectivity index (χ0) is 20.9. The monoisotopic (exact) mass is 417 g/mol. The van der Waals surface area contributed by atoms with Crippen LogP contribution >= 0.6 is 0 Å². The highest BCUT2D eigenvalue weighted by Crippen LogP contribution is 2.47. The van der Waals surface area contributed by atoms with Gasteiger partial charge in [-0.05, 0) is 42.7 Å². The van der Waals surface area contributed by atoms with Crippen LogP contribution in [-0.4, -0.2) is 35.4 Å². The van der Waals surface area contributed by atoms with Crippen LogP contribution < -0.4 is 4.90 Å². The van der Waals surface area contributed by atoms with Gasteiger partial charge in [-0.1, -0.05) is 36.4 Å². The predicted octanol–water partition coefficient (Wildman–Crippen LogP) is 5.67. The Labute approximate surface area is 181 Å². The Bertz CT molecular complexity index is 1160. The SMILES string of the molecule is FC(F)C1CCN(c2cccc3c2CN(C2CC2c2ccc4ccccc4n2)C=C3)C1. The van der Waals surface area contributed by atoms with E-state index in [-0.39, 0.29) is 0 Å². The van der Waals surface area contributed by atoms with Crippen molar-refractivity contribution in [2.24, 2.45) is 5.92 Å². The molecule has 0 amide bonds. The molecule has 3 nitrogen and oxygen atoms in total. The van der Waals surface area contributed by atoms with Gasteiger partial charge in [-0.25, -0.2) is 8.78 Å². The maximum absolute atomic E-state index is 13.2. The van der Waals surface area contributed by atoms with Crippen LogP contribution in [0.2, 0.25) is 0 Å². The molecule has 5 heteroatoms. The molecular formula is C26H25F2N3. The summed E-state index contributed by atoms with van der Waals surface area (Å²) in [4.78, 5) is 9.47. The van der Waals surface area contributed by atoms with Crippen LogP contribution in [0.4, 0.5) is 14.5 Å². The first-order chi connectivity index (χ1) is 15.2. The van der Waals surface area contributed by atoms with E-state index >= 15 is 0 Å². The number of aromatic nitrogens is 1. The van der Waals surface area contributed by atoms with E-state index in [0.717, 1.165) is 29.9 Å². The van der Waals surface area contributed by atoms with Crippen molar-refractivity contribution < 1.29 is 8.78 Å². The summed E-state index contributed by atoms with van der Waals surface area (Å²) in [7, 11) is 0. The molecule has 1 aliphatic carbocycles. The van der Waals surface area contributed by atoms with Gasteiger partial charge in [0.05, 0.1) is 5.52 Å². The minimum absolute atomic E-state index is 0.443. The zero-order valence-electron chi connectivity index (χ0n) is 17.3. The molecule has 3 heterocycles. The predicted molar refractivity (Wildman–Crippen MR) is 120 cm³/mol. The Morgan fingerprint density at radius 2 is 1.90 bits per heavy atom. The van der Waals surface area contributed by atoms with E-state index in [1.54, 1.807) is 0 Å². The third kappa shape index (κ3) is 3.36. The molecule has 0 spiro atoms.